The summed E-state index contributed by atoms with van der Waals surface area (Å²) in [5.41, 5.74) is 10.6. The zero-order valence-electron chi connectivity index (χ0n) is 8.43. The van der Waals surface area contributed by atoms with Crippen LogP contribution in [0.25, 0.3) is 0 Å². The summed E-state index contributed by atoms with van der Waals surface area (Å²) in [6, 6.07) is 1.29. The molecule has 0 atom stereocenters. The van der Waals surface area contributed by atoms with Crippen LogP contribution in [-0.4, -0.2) is 28.5 Å². The van der Waals surface area contributed by atoms with Crippen LogP contribution in [0, 0.1) is 0 Å². The molecule has 1 aromatic heterocycles. The molecule has 0 aliphatic rings. The lowest BCUT2D eigenvalue weighted by Crippen LogP contribution is -2.17. The van der Waals surface area contributed by atoms with E-state index in [1.54, 1.807) is 0 Å². The number of hydrogen-bond acceptors (Lipinski definition) is 5. The van der Waals surface area contributed by atoms with Crippen LogP contribution in [0.2, 0.25) is 0 Å². The maximum atomic E-state index is 10.8. The quantitative estimate of drug-likeness (QED) is 0.540. The average Bonchev–Trinajstić information content (AvgIpc) is 2.19. The fourth-order valence-corrected chi connectivity index (χ4v) is 1.09. The number of nitrogen functional groups attached to an aromatic ring is 1. The second-order valence-corrected chi connectivity index (χ2v) is 3.11. The van der Waals surface area contributed by atoms with E-state index in [9.17, 15) is 9.59 Å². The topological polar surface area (TPSA) is 131 Å². The van der Waals surface area contributed by atoms with Gasteiger partial charge in [-0.05, 0) is 6.07 Å². The maximum Gasteiger partial charge on any atom is 0.339 e. The molecule has 0 radical (unpaired) electrons. The normalized spacial score (nSPS) is 9.75. The Hall–Kier alpha value is -2.31. The van der Waals surface area contributed by atoms with E-state index in [0.717, 1.165) is 0 Å². The third-order valence-electron chi connectivity index (χ3n) is 1.80. The fourth-order valence-electron chi connectivity index (χ4n) is 1.09. The van der Waals surface area contributed by atoms with E-state index in [1.807, 2.05) is 0 Å². The van der Waals surface area contributed by atoms with Crippen molar-refractivity contribution in [1.82, 2.24) is 4.98 Å². The van der Waals surface area contributed by atoms with Crippen molar-refractivity contribution in [2.45, 2.75) is 6.42 Å². The summed E-state index contributed by atoms with van der Waals surface area (Å²) in [7, 11) is 0. The Balaban J connectivity index is 2.78. The number of carbonyl (C=O) groups is 2. The molecule has 0 unspecified atom stereocenters. The van der Waals surface area contributed by atoms with E-state index in [2.05, 4.69) is 10.3 Å². The van der Waals surface area contributed by atoms with Crippen LogP contribution in [0.3, 0.4) is 0 Å². The lowest BCUT2D eigenvalue weighted by atomic mass is 10.2. The van der Waals surface area contributed by atoms with Crippen molar-refractivity contribution in [3.63, 3.8) is 0 Å². The van der Waals surface area contributed by atoms with Crippen molar-refractivity contribution >= 4 is 23.4 Å². The Kier molecular flexibility index (Phi) is 3.65. The number of pyridine rings is 1. The summed E-state index contributed by atoms with van der Waals surface area (Å²) in [6.45, 7) is 0.229. The molecule has 0 fully saturated rings. The Morgan fingerprint density at radius 2 is 2.19 bits per heavy atom. The van der Waals surface area contributed by atoms with Crippen molar-refractivity contribution < 1.29 is 14.7 Å². The number of amides is 1. The summed E-state index contributed by atoms with van der Waals surface area (Å²) < 4.78 is 0. The highest BCUT2D eigenvalue weighted by molar-refractivity contribution is 5.94. The minimum atomic E-state index is -1.14. The van der Waals surface area contributed by atoms with Crippen LogP contribution < -0.4 is 16.8 Å². The van der Waals surface area contributed by atoms with E-state index in [4.69, 9.17) is 16.6 Å². The number of carbonyl (C=O) groups excluding carboxylic acids is 1. The highest BCUT2D eigenvalue weighted by atomic mass is 16.4. The van der Waals surface area contributed by atoms with E-state index in [-0.39, 0.29) is 30.0 Å². The summed E-state index contributed by atoms with van der Waals surface area (Å²) in [4.78, 5) is 25.2. The first-order valence-corrected chi connectivity index (χ1v) is 4.51. The minimum Gasteiger partial charge on any atom is -0.478 e. The Bertz CT molecular complexity index is 419. The molecule has 1 amide bonds. The van der Waals surface area contributed by atoms with E-state index in [0.29, 0.717) is 0 Å². The Morgan fingerprint density at radius 3 is 2.75 bits per heavy atom. The Labute approximate surface area is 91.5 Å². The van der Waals surface area contributed by atoms with Gasteiger partial charge in [0.25, 0.3) is 0 Å². The van der Waals surface area contributed by atoms with E-state index < -0.39 is 11.9 Å². The van der Waals surface area contributed by atoms with Gasteiger partial charge in [0.05, 0.1) is 11.9 Å². The first kappa shape index (κ1) is 11.8. The molecule has 7 nitrogen and oxygen atoms in total. The number of primary amides is 1. The molecular weight excluding hydrogens is 212 g/mol. The van der Waals surface area contributed by atoms with Gasteiger partial charge in [0, 0.05) is 13.0 Å². The molecule has 0 aromatic carbocycles. The monoisotopic (exact) mass is 224 g/mol. The molecule has 0 saturated carbocycles. The van der Waals surface area contributed by atoms with Crippen LogP contribution in [0.4, 0.5) is 11.5 Å². The number of carboxylic acids is 1. The van der Waals surface area contributed by atoms with Crippen LogP contribution in [0.1, 0.15) is 16.8 Å². The highest BCUT2D eigenvalue weighted by Crippen LogP contribution is 2.15. The molecule has 16 heavy (non-hydrogen) atoms. The number of carboxylic acid groups (broad SMARTS) is 1. The maximum absolute atomic E-state index is 10.8. The molecule has 1 rings (SSSR count). The predicted molar refractivity (Wildman–Crippen MR) is 57.9 cm³/mol. The lowest BCUT2D eigenvalue weighted by Gasteiger charge is -2.07. The number of anilines is 2. The molecule has 6 N–H and O–H groups in total. The zero-order valence-corrected chi connectivity index (χ0v) is 8.43. The van der Waals surface area contributed by atoms with Gasteiger partial charge in [-0.2, -0.15) is 0 Å². The number of nitrogens with zero attached hydrogens (tertiary/aromatic N) is 1. The molecule has 0 saturated heterocycles. The first-order chi connectivity index (χ1) is 7.50. The van der Waals surface area contributed by atoms with Crippen LogP contribution in [0.5, 0.6) is 0 Å². The van der Waals surface area contributed by atoms with Gasteiger partial charge in [-0.1, -0.05) is 0 Å². The van der Waals surface area contributed by atoms with Gasteiger partial charge < -0.3 is 21.9 Å². The van der Waals surface area contributed by atoms with Crippen LogP contribution >= 0.6 is 0 Å². The molecule has 0 aliphatic carbocycles. The fraction of sp³-hybridized carbons (Fsp3) is 0.222. The summed E-state index contributed by atoms with van der Waals surface area (Å²) in [5.74, 6) is -1.44. The van der Waals surface area contributed by atoms with Crippen molar-refractivity contribution in [1.29, 1.82) is 0 Å². The van der Waals surface area contributed by atoms with Crippen molar-refractivity contribution in [2.24, 2.45) is 5.73 Å². The number of nitrogens with one attached hydrogen (secondary N) is 1. The van der Waals surface area contributed by atoms with E-state index >= 15 is 0 Å². The molecule has 1 aromatic rings. The molecule has 0 aliphatic heterocycles. The van der Waals surface area contributed by atoms with Gasteiger partial charge in [0.15, 0.2) is 0 Å². The minimum absolute atomic E-state index is 0.0375. The molecule has 0 spiro atoms. The van der Waals surface area contributed by atoms with Gasteiger partial charge in [-0.15, -0.1) is 0 Å². The number of hydrogen-bond donors (Lipinski definition) is 4. The molecule has 7 heteroatoms. The largest absolute Gasteiger partial charge is 0.478 e. The number of aromatic nitrogens is 1. The standard InChI is InChI=1S/C9H12N4O3/c10-5-3-6(9(15)16)8(13-4-5)12-2-1-7(11)14/h3-4H,1-2,10H2,(H2,11,14)(H,12,13)(H,15,16). The lowest BCUT2D eigenvalue weighted by molar-refractivity contribution is -0.117. The van der Waals surface area contributed by atoms with Crippen molar-refractivity contribution in [2.75, 3.05) is 17.6 Å². The summed E-state index contributed by atoms with van der Waals surface area (Å²) in [6.07, 6.45) is 1.43. The summed E-state index contributed by atoms with van der Waals surface area (Å²) in [5, 5.41) is 11.6. The van der Waals surface area contributed by atoms with Crippen LogP contribution in [0.15, 0.2) is 12.3 Å². The summed E-state index contributed by atoms with van der Waals surface area (Å²) >= 11 is 0. The second kappa shape index (κ2) is 4.96. The van der Waals surface area contributed by atoms with Crippen LogP contribution in [-0.2, 0) is 4.79 Å². The second-order valence-electron chi connectivity index (χ2n) is 3.11. The highest BCUT2D eigenvalue weighted by Gasteiger charge is 2.11. The van der Waals surface area contributed by atoms with Gasteiger partial charge in [-0.25, -0.2) is 9.78 Å². The molecule has 86 valence electrons. The SMILES string of the molecule is NC(=O)CCNc1ncc(N)cc1C(=O)O. The number of rotatable bonds is 5. The number of nitrogens with two attached hydrogens (primary N) is 2. The third-order valence-corrected chi connectivity index (χ3v) is 1.80. The number of aromatic carboxylic acids is 1. The zero-order chi connectivity index (χ0) is 12.1. The molecule has 0 bridgehead atoms. The smallest absolute Gasteiger partial charge is 0.339 e. The van der Waals surface area contributed by atoms with E-state index in [1.165, 1.54) is 12.3 Å². The Morgan fingerprint density at radius 1 is 1.50 bits per heavy atom. The van der Waals surface area contributed by atoms with Crippen molar-refractivity contribution in [3.05, 3.63) is 17.8 Å². The van der Waals surface area contributed by atoms with Gasteiger partial charge in [0.2, 0.25) is 5.91 Å². The van der Waals surface area contributed by atoms with Gasteiger partial charge in [-0.3, -0.25) is 4.79 Å². The van der Waals surface area contributed by atoms with Crippen molar-refractivity contribution in [3.8, 4) is 0 Å². The third kappa shape index (κ3) is 3.12. The predicted octanol–water partition coefficient (Wildman–Crippen LogP) is -0.351. The average molecular weight is 224 g/mol. The molecular formula is C9H12N4O3. The first-order valence-electron chi connectivity index (χ1n) is 4.51. The molecule has 1 heterocycles. The van der Waals surface area contributed by atoms with Gasteiger partial charge in [0.1, 0.15) is 11.4 Å². The van der Waals surface area contributed by atoms with Gasteiger partial charge >= 0.3 is 5.97 Å².